The number of nitrogens with two attached hydrogens (primary N) is 2. The first-order chi connectivity index (χ1) is 14.6. The molecule has 1 aliphatic heterocycles. The number of nitrogens with one attached hydrogen (secondary N) is 2. The normalized spacial score (nSPS) is 19.7. The molecular weight excluding hydrogens is 402 g/mol. The molecule has 0 radical (unpaired) electrons. The molecule has 0 unspecified atom stereocenters. The number of amides is 4. The molecule has 2 rings (SSSR count). The first kappa shape index (κ1) is 24.3. The first-order valence-electron chi connectivity index (χ1n) is 10.3. The Kier molecular flexibility index (Phi) is 8.52. The second-order valence-electron chi connectivity index (χ2n) is 7.86. The average molecular weight is 434 g/mol. The molecule has 0 spiro atoms. The van der Waals surface area contributed by atoms with E-state index in [-0.39, 0.29) is 13.0 Å². The second-order valence-corrected chi connectivity index (χ2v) is 7.86. The van der Waals surface area contributed by atoms with Gasteiger partial charge in [-0.2, -0.15) is 0 Å². The van der Waals surface area contributed by atoms with Crippen LogP contribution in [-0.4, -0.2) is 70.5 Å². The molecule has 0 aromatic heterocycles. The highest BCUT2D eigenvalue weighted by molar-refractivity contribution is 5.95. The molecule has 1 aromatic carbocycles. The molecule has 0 saturated carbocycles. The molecule has 0 bridgehead atoms. The summed E-state index contributed by atoms with van der Waals surface area (Å²) in [5.41, 5.74) is 11.8. The third-order valence-corrected chi connectivity index (χ3v) is 5.24. The van der Waals surface area contributed by atoms with Crippen LogP contribution in [0.15, 0.2) is 30.3 Å². The predicted octanol–water partition coefficient (Wildman–Crippen LogP) is -1.60. The van der Waals surface area contributed by atoms with Crippen LogP contribution in [-0.2, 0) is 25.6 Å². The van der Waals surface area contributed by atoms with E-state index in [1.165, 1.54) is 18.7 Å². The third-order valence-electron chi connectivity index (χ3n) is 5.24. The maximum absolute atomic E-state index is 13.0. The van der Waals surface area contributed by atoms with E-state index in [0.717, 1.165) is 5.56 Å². The van der Waals surface area contributed by atoms with Crippen molar-refractivity contribution < 1.29 is 24.3 Å². The standard InChI is InChI=1S/C21H31N5O5/c1-12(22)19(29)25-17(13(2)27)21(31)26-10-6-9-16(26)20(30)24-15(18(23)28)11-14-7-4-3-5-8-14/h3-5,7-8,12-13,15-17,27H,6,9-11,22H2,1-2H3,(H2,23,28)(H,24,30)(H,25,29)/t12-,13+,15-,16-,17-/m0/s1. The summed E-state index contributed by atoms with van der Waals surface area (Å²) >= 11 is 0. The van der Waals surface area contributed by atoms with E-state index in [4.69, 9.17) is 11.5 Å². The highest BCUT2D eigenvalue weighted by atomic mass is 16.3. The van der Waals surface area contributed by atoms with Gasteiger partial charge in [0.25, 0.3) is 0 Å². The van der Waals surface area contributed by atoms with Gasteiger partial charge in [-0.05, 0) is 32.3 Å². The lowest BCUT2D eigenvalue weighted by Gasteiger charge is -2.31. The van der Waals surface area contributed by atoms with Crippen LogP contribution in [0.5, 0.6) is 0 Å². The lowest BCUT2D eigenvalue weighted by Crippen LogP contribution is -2.59. The Morgan fingerprint density at radius 3 is 2.35 bits per heavy atom. The molecule has 4 amide bonds. The SMILES string of the molecule is C[C@H](N)C(=O)N[C@H](C(=O)N1CCC[C@H]1C(=O)N[C@@H](Cc1ccccc1)C(N)=O)[C@@H](C)O. The number of carbonyl (C=O) groups is 4. The molecule has 7 N–H and O–H groups in total. The fourth-order valence-corrected chi connectivity index (χ4v) is 3.50. The van der Waals surface area contributed by atoms with Crippen LogP contribution >= 0.6 is 0 Å². The van der Waals surface area contributed by atoms with Gasteiger partial charge in [0, 0.05) is 13.0 Å². The van der Waals surface area contributed by atoms with Gasteiger partial charge in [-0.1, -0.05) is 30.3 Å². The quantitative estimate of drug-likeness (QED) is 0.314. The van der Waals surface area contributed by atoms with E-state index in [2.05, 4.69) is 10.6 Å². The number of hydrogen-bond acceptors (Lipinski definition) is 6. The maximum Gasteiger partial charge on any atom is 0.248 e. The van der Waals surface area contributed by atoms with Gasteiger partial charge in [0.15, 0.2) is 0 Å². The first-order valence-corrected chi connectivity index (χ1v) is 10.3. The van der Waals surface area contributed by atoms with Crippen LogP contribution in [0.1, 0.15) is 32.3 Å². The van der Waals surface area contributed by atoms with Crippen molar-refractivity contribution in [2.75, 3.05) is 6.54 Å². The van der Waals surface area contributed by atoms with Gasteiger partial charge in [0.2, 0.25) is 23.6 Å². The van der Waals surface area contributed by atoms with Crippen molar-refractivity contribution >= 4 is 23.6 Å². The summed E-state index contributed by atoms with van der Waals surface area (Å²) in [6, 6.07) is 5.26. The Balaban J connectivity index is 2.11. The van der Waals surface area contributed by atoms with E-state index in [0.29, 0.717) is 12.8 Å². The van der Waals surface area contributed by atoms with E-state index in [9.17, 15) is 24.3 Å². The van der Waals surface area contributed by atoms with E-state index < -0.39 is 53.9 Å². The average Bonchev–Trinajstić information content (AvgIpc) is 3.21. The highest BCUT2D eigenvalue weighted by Crippen LogP contribution is 2.20. The number of primary amides is 1. The third kappa shape index (κ3) is 6.50. The van der Waals surface area contributed by atoms with E-state index in [1.807, 2.05) is 30.3 Å². The lowest BCUT2D eigenvalue weighted by atomic mass is 10.0. The maximum atomic E-state index is 13.0. The van der Waals surface area contributed by atoms with Gasteiger partial charge in [-0.3, -0.25) is 19.2 Å². The number of nitrogens with zero attached hydrogens (tertiary/aromatic N) is 1. The van der Waals surface area contributed by atoms with Crippen LogP contribution in [0.3, 0.4) is 0 Å². The Bertz CT molecular complexity index is 799. The molecule has 1 saturated heterocycles. The van der Waals surface area contributed by atoms with Crippen molar-refractivity contribution in [1.29, 1.82) is 0 Å². The van der Waals surface area contributed by atoms with Crippen molar-refractivity contribution in [1.82, 2.24) is 15.5 Å². The summed E-state index contributed by atoms with van der Waals surface area (Å²) in [5, 5.41) is 15.1. The molecule has 1 fully saturated rings. The molecule has 10 heteroatoms. The van der Waals surface area contributed by atoms with Crippen molar-refractivity contribution in [3.8, 4) is 0 Å². The molecule has 1 heterocycles. The molecule has 31 heavy (non-hydrogen) atoms. The van der Waals surface area contributed by atoms with Gasteiger partial charge in [-0.25, -0.2) is 0 Å². The number of carbonyl (C=O) groups excluding carboxylic acids is 4. The summed E-state index contributed by atoms with van der Waals surface area (Å²) in [7, 11) is 0. The molecule has 5 atom stereocenters. The topological polar surface area (TPSA) is 168 Å². The van der Waals surface area contributed by atoms with Crippen molar-refractivity contribution in [2.45, 2.75) is 63.4 Å². The van der Waals surface area contributed by atoms with Gasteiger partial charge < -0.3 is 32.1 Å². The monoisotopic (exact) mass is 433 g/mol. The zero-order valence-corrected chi connectivity index (χ0v) is 17.8. The molecule has 170 valence electrons. The van der Waals surface area contributed by atoms with Crippen molar-refractivity contribution in [2.24, 2.45) is 11.5 Å². The number of hydrogen-bond donors (Lipinski definition) is 5. The molecule has 1 aliphatic rings. The summed E-state index contributed by atoms with van der Waals surface area (Å²) < 4.78 is 0. The van der Waals surface area contributed by atoms with Crippen LogP contribution in [0.2, 0.25) is 0 Å². The number of likely N-dealkylation sites (tertiary alicyclic amines) is 1. The Morgan fingerprint density at radius 2 is 1.81 bits per heavy atom. The molecule has 0 aliphatic carbocycles. The molecule has 1 aromatic rings. The number of aliphatic hydroxyl groups excluding tert-OH is 1. The summed E-state index contributed by atoms with van der Waals surface area (Å²) in [5.74, 6) is -2.36. The van der Waals surface area contributed by atoms with Crippen molar-refractivity contribution in [3.63, 3.8) is 0 Å². The molecule has 10 nitrogen and oxygen atoms in total. The van der Waals surface area contributed by atoms with Crippen molar-refractivity contribution in [3.05, 3.63) is 35.9 Å². The zero-order valence-electron chi connectivity index (χ0n) is 17.8. The minimum absolute atomic E-state index is 0.226. The largest absolute Gasteiger partial charge is 0.391 e. The van der Waals surface area contributed by atoms with Gasteiger partial charge in [-0.15, -0.1) is 0 Å². The molecular formula is C21H31N5O5. The Labute approximate surface area is 181 Å². The fraction of sp³-hybridized carbons (Fsp3) is 0.524. The second kappa shape index (κ2) is 10.9. The number of aliphatic hydroxyl groups is 1. The Hall–Kier alpha value is -2.98. The van der Waals surface area contributed by atoms with Crippen LogP contribution in [0.4, 0.5) is 0 Å². The van der Waals surface area contributed by atoms with Crippen LogP contribution < -0.4 is 22.1 Å². The summed E-state index contributed by atoms with van der Waals surface area (Å²) in [4.78, 5) is 51.1. The highest BCUT2D eigenvalue weighted by Gasteiger charge is 2.40. The Morgan fingerprint density at radius 1 is 1.16 bits per heavy atom. The smallest absolute Gasteiger partial charge is 0.248 e. The van der Waals surface area contributed by atoms with Gasteiger partial charge >= 0.3 is 0 Å². The van der Waals surface area contributed by atoms with Gasteiger partial charge in [0.1, 0.15) is 18.1 Å². The summed E-state index contributed by atoms with van der Waals surface area (Å²) in [6.07, 6.45) is -0.000763. The fourth-order valence-electron chi connectivity index (χ4n) is 3.50. The van der Waals surface area contributed by atoms with Gasteiger partial charge in [0.05, 0.1) is 12.1 Å². The van der Waals surface area contributed by atoms with E-state index >= 15 is 0 Å². The number of benzene rings is 1. The lowest BCUT2D eigenvalue weighted by molar-refractivity contribution is -0.144. The minimum atomic E-state index is -1.23. The zero-order chi connectivity index (χ0) is 23.1. The van der Waals surface area contributed by atoms with Crippen LogP contribution in [0, 0.1) is 0 Å². The minimum Gasteiger partial charge on any atom is -0.391 e. The van der Waals surface area contributed by atoms with Crippen LogP contribution in [0.25, 0.3) is 0 Å². The summed E-state index contributed by atoms with van der Waals surface area (Å²) in [6.45, 7) is 3.12. The van der Waals surface area contributed by atoms with E-state index in [1.54, 1.807) is 0 Å². The predicted molar refractivity (Wildman–Crippen MR) is 113 cm³/mol. The number of rotatable bonds is 9.